The van der Waals surface area contributed by atoms with Crippen molar-refractivity contribution in [2.45, 2.75) is 32.4 Å². The van der Waals surface area contributed by atoms with E-state index in [1.807, 2.05) is 6.07 Å². The third-order valence-corrected chi connectivity index (χ3v) is 4.31. The van der Waals surface area contributed by atoms with Gasteiger partial charge in [0.25, 0.3) is 0 Å². The van der Waals surface area contributed by atoms with Crippen molar-refractivity contribution in [2.75, 3.05) is 13.1 Å². The Bertz CT molecular complexity index is 440. The Morgan fingerprint density at radius 1 is 1.33 bits per heavy atom. The molecule has 98 valence electrons. The van der Waals surface area contributed by atoms with Crippen LogP contribution in [0.4, 0.5) is 0 Å². The molecule has 1 aliphatic rings. The van der Waals surface area contributed by atoms with Crippen LogP contribution in [0.3, 0.4) is 0 Å². The lowest BCUT2D eigenvalue weighted by Crippen LogP contribution is -2.41. The van der Waals surface area contributed by atoms with E-state index in [1.165, 1.54) is 11.1 Å². The zero-order valence-corrected chi connectivity index (χ0v) is 12.7. The molecule has 1 heterocycles. The van der Waals surface area contributed by atoms with Gasteiger partial charge in [-0.1, -0.05) is 45.8 Å². The van der Waals surface area contributed by atoms with Crippen molar-refractivity contribution < 1.29 is 0 Å². The highest BCUT2D eigenvalue weighted by Crippen LogP contribution is 2.31. The molecule has 18 heavy (non-hydrogen) atoms. The molecule has 2 N–H and O–H groups in total. The van der Waals surface area contributed by atoms with Crippen LogP contribution in [0.5, 0.6) is 0 Å². The molecule has 0 saturated carbocycles. The van der Waals surface area contributed by atoms with E-state index >= 15 is 0 Å². The molecule has 0 aliphatic carbocycles. The second-order valence-electron chi connectivity index (χ2n) is 5.12. The van der Waals surface area contributed by atoms with Crippen molar-refractivity contribution in [1.82, 2.24) is 4.90 Å². The molecule has 1 aromatic rings. The summed E-state index contributed by atoms with van der Waals surface area (Å²) in [4.78, 5) is 2.47. The lowest BCUT2D eigenvalue weighted by Gasteiger charge is -2.36. The van der Waals surface area contributed by atoms with E-state index in [9.17, 15) is 0 Å². The number of rotatable bonds is 3. The first-order valence-electron chi connectivity index (χ1n) is 6.49. The Morgan fingerprint density at radius 2 is 2.06 bits per heavy atom. The van der Waals surface area contributed by atoms with E-state index in [0.717, 1.165) is 24.0 Å². The molecule has 2 rings (SSSR count). The summed E-state index contributed by atoms with van der Waals surface area (Å²) < 4.78 is 1.15. The highest BCUT2D eigenvalue weighted by Gasteiger charge is 2.26. The summed E-state index contributed by atoms with van der Waals surface area (Å²) in [6.45, 7) is 6.39. The van der Waals surface area contributed by atoms with Gasteiger partial charge in [0.2, 0.25) is 0 Å². The normalized spacial score (nSPS) is 20.3. The molecule has 0 fully saturated rings. The zero-order chi connectivity index (χ0) is 13.1. The molecule has 1 aliphatic heterocycles. The molecule has 3 heteroatoms. The smallest absolute Gasteiger partial charge is 0.0511 e. The van der Waals surface area contributed by atoms with Crippen LogP contribution in [-0.4, -0.2) is 24.0 Å². The summed E-state index contributed by atoms with van der Waals surface area (Å²) in [7, 11) is 0. The maximum absolute atomic E-state index is 6.22. The number of halogens is 1. The Hall–Kier alpha value is -0.640. The van der Waals surface area contributed by atoms with E-state index in [0.29, 0.717) is 0 Å². The van der Waals surface area contributed by atoms with Crippen LogP contribution in [0.2, 0.25) is 0 Å². The van der Waals surface area contributed by atoms with Crippen LogP contribution < -0.4 is 5.73 Å². The first kappa shape index (κ1) is 13.8. The molecular formula is C15H21BrN2. The number of hydrogen-bond acceptors (Lipinski definition) is 2. The van der Waals surface area contributed by atoms with E-state index < -0.39 is 0 Å². The largest absolute Gasteiger partial charge is 0.326 e. The number of hydrogen-bond donors (Lipinski definition) is 1. The maximum Gasteiger partial charge on any atom is 0.0511 e. The van der Waals surface area contributed by atoms with Gasteiger partial charge >= 0.3 is 0 Å². The standard InChI is InChI=1S/C15H21BrN2/c1-11-7-9-18(10-8-11)15(12(2)17)13-5-3-4-6-14(13)16/h3-7,12,15H,8-10,17H2,1-2H3. The lowest BCUT2D eigenvalue weighted by molar-refractivity contribution is 0.189. The minimum atomic E-state index is 0.121. The van der Waals surface area contributed by atoms with Crippen molar-refractivity contribution in [2.24, 2.45) is 5.73 Å². The Morgan fingerprint density at radius 3 is 2.61 bits per heavy atom. The molecule has 0 radical (unpaired) electrons. The summed E-state index contributed by atoms with van der Waals surface area (Å²) in [5.74, 6) is 0. The van der Waals surface area contributed by atoms with Gasteiger partial charge in [-0.3, -0.25) is 4.90 Å². The van der Waals surface area contributed by atoms with Crippen molar-refractivity contribution in [1.29, 1.82) is 0 Å². The average Bonchev–Trinajstić information content (AvgIpc) is 2.34. The van der Waals surface area contributed by atoms with Gasteiger partial charge in [-0.15, -0.1) is 0 Å². The predicted octanol–water partition coefficient (Wildman–Crippen LogP) is 3.49. The topological polar surface area (TPSA) is 29.3 Å². The molecule has 0 saturated heterocycles. The quantitative estimate of drug-likeness (QED) is 0.866. The van der Waals surface area contributed by atoms with Crippen LogP contribution in [0.25, 0.3) is 0 Å². The first-order valence-corrected chi connectivity index (χ1v) is 7.28. The molecule has 0 amide bonds. The van der Waals surface area contributed by atoms with E-state index in [1.54, 1.807) is 0 Å². The lowest BCUT2D eigenvalue weighted by atomic mass is 9.97. The monoisotopic (exact) mass is 308 g/mol. The van der Waals surface area contributed by atoms with Gasteiger partial charge in [0.1, 0.15) is 0 Å². The van der Waals surface area contributed by atoms with Gasteiger partial charge in [0, 0.05) is 23.6 Å². The van der Waals surface area contributed by atoms with Crippen molar-refractivity contribution in [3.05, 3.63) is 46.0 Å². The third kappa shape index (κ3) is 3.02. The van der Waals surface area contributed by atoms with Crippen molar-refractivity contribution >= 4 is 15.9 Å². The second kappa shape index (κ2) is 6.00. The fourth-order valence-corrected chi connectivity index (χ4v) is 3.09. The molecule has 0 aromatic heterocycles. The minimum absolute atomic E-state index is 0.121. The van der Waals surface area contributed by atoms with Gasteiger partial charge in [-0.2, -0.15) is 0 Å². The third-order valence-electron chi connectivity index (χ3n) is 3.58. The maximum atomic E-state index is 6.22. The molecule has 1 aromatic carbocycles. The Labute approximate surface area is 118 Å². The molecule has 0 spiro atoms. The van der Waals surface area contributed by atoms with Crippen LogP contribution in [0.1, 0.15) is 31.9 Å². The van der Waals surface area contributed by atoms with Crippen molar-refractivity contribution in [3.63, 3.8) is 0 Å². The van der Waals surface area contributed by atoms with Crippen LogP contribution >= 0.6 is 15.9 Å². The average molecular weight is 309 g/mol. The molecule has 2 nitrogen and oxygen atoms in total. The fraction of sp³-hybridized carbons (Fsp3) is 0.467. The molecule has 2 atom stereocenters. The molecular weight excluding hydrogens is 288 g/mol. The highest BCUT2D eigenvalue weighted by atomic mass is 79.9. The van der Waals surface area contributed by atoms with E-state index in [-0.39, 0.29) is 12.1 Å². The van der Waals surface area contributed by atoms with Gasteiger partial charge in [0.15, 0.2) is 0 Å². The van der Waals surface area contributed by atoms with Crippen LogP contribution in [0.15, 0.2) is 40.4 Å². The summed E-state index contributed by atoms with van der Waals surface area (Å²) >= 11 is 3.65. The predicted molar refractivity (Wildman–Crippen MR) is 80.5 cm³/mol. The van der Waals surface area contributed by atoms with E-state index in [2.05, 4.69) is 59.0 Å². The van der Waals surface area contributed by atoms with Gasteiger partial charge < -0.3 is 5.73 Å². The fourth-order valence-electron chi connectivity index (χ4n) is 2.57. The number of benzene rings is 1. The van der Waals surface area contributed by atoms with Crippen molar-refractivity contribution in [3.8, 4) is 0 Å². The zero-order valence-electron chi connectivity index (χ0n) is 11.1. The van der Waals surface area contributed by atoms with Crippen LogP contribution in [-0.2, 0) is 0 Å². The molecule has 2 unspecified atom stereocenters. The van der Waals surface area contributed by atoms with Crippen LogP contribution in [0, 0.1) is 0 Å². The summed E-state index contributed by atoms with van der Waals surface area (Å²) in [5.41, 5.74) is 9.00. The summed E-state index contributed by atoms with van der Waals surface area (Å²) in [6.07, 6.45) is 3.46. The summed E-state index contributed by atoms with van der Waals surface area (Å²) in [5, 5.41) is 0. The first-order chi connectivity index (χ1) is 8.59. The second-order valence-corrected chi connectivity index (χ2v) is 5.98. The minimum Gasteiger partial charge on any atom is -0.326 e. The Balaban J connectivity index is 2.27. The molecule has 0 bridgehead atoms. The SMILES string of the molecule is CC1=CCN(C(c2ccccc2Br)C(C)N)CC1. The Kier molecular flexibility index (Phi) is 4.60. The van der Waals surface area contributed by atoms with E-state index in [4.69, 9.17) is 5.73 Å². The summed E-state index contributed by atoms with van der Waals surface area (Å²) in [6, 6.07) is 8.80. The van der Waals surface area contributed by atoms with Gasteiger partial charge in [-0.25, -0.2) is 0 Å². The number of nitrogens with zero attached hydrogens (tertiary/aromatic N) is 1. The van der Waals surface area contributed by atoms with Gasteiger partial charge in [0.05, 0.1) is 6.04 Å². The number of nitrogens with two attached hydrogens (primary N) is 1. The highest BCUT2D eigenvalue weighted by molar-refractivity contribution is 9.10. The van der Waals surface area contributed by atoms with Gasteiger partial charge in [-0.05, 0) is 31.9 Å².